The number of hydrogen-bond acceptors (Lipinski definition) is 4. The number of halogens is 2. The van der Waals surface area contributed by atoms with Gasteiger partial charge in [0, 0.05) is 15.7 Å². The second kappa shape index (κ2) is 8.04. The van der Waals surface area contributed by atoms with Gasteiger partial charge in [0.2, 0.25) is 0 Å². The molecule has 0 aliphatic rings. The Balaban J connectivity index is 1.88. The maximum atomic E-state index is 11.9. The van der Waals surface area contributed by atoms with Gasteiger partial charge in [-0.05, 0) is 48.9 Å². The van der Waals surface area contributed by atoms with Crippen LogP contribution in [-0.2, 0) is 9.53 Å². The summed E-state index contributed by atoms with van der Waals surface area (Å²) in [6.45, 7) is 1.38. The van der Waals surface area contributed by atoms with Gasteiger partial charge in [-0.3, -0.25) is 4.79 Å². The van der Waals surface area contributed by atoms with Crippen LogP contribution in [0.15, 0.2) is 42.5 Å². The number of nitrogens with one attached hydrogen (secondary N) is 1. The minimum atomic E-state index is -0.595. The second-order valence-corrected chi connectivity index (χ2v) is 6.00. The Morgan fingerprint density at radius 2 is 1.83 bits per heavy atom. The smallest absolute Gasteiger partial charge is 0.338 e. The van der Waals surface area contributed by atoms with Crippen molar-refractivity contribution in [3.8, 4) is 0 Å². The first-order valence-electron chi connectivity index (χ1n) is 7.14. The molecule has 0 bridgehead atoms. The van der Waals surface area contributed by atoms with Gasteiger partial charge in [-0.1, -0.05) is 29.3 Å². The predicted molar refractivity (Wildman–Crippen MR) is 94.2 cm³/mol. The standard InChI is InChI=1S/C17H16Cl2N2O3/c1-10(14-7-4-12(18)8-15(14)19)21-16(22)9-24-17(23)11-2-5-13(20)6-3-11/h2-8,10H,9,20H2,1H3,(H,21,22)/t10-/m1/s1. The molecule has 0 saturated carbocycles. The van der Waals surface area contributed by atoms with Crippen molar-refractivity contribution in [2.45, 2.75) is 13.0 Å². The van der Waals surface area contributed by atoms with E-state index in [4.69, 9.17) is 33.7 Å². The van der Waals surface area contributed by atoms with E-state index < -0.39 is 18.5 Å². The summed E-state index contributed by atoms with van der Waals surface area (Å²) < 4.78 is 4.97. The molecule has 0 fully saturated rings. The van der Waals surface area contributed by atoms with E-state index in [1.807, 2.05) is 0 Å². The SMILES string of the molecule is C[C@@H](NC(=O)COC(=O)c1ccc(N)cc1)c1ccc(Cl)cc1Cl. The highest BCUT2D eigenvalue weighted by molar-refractivity contribution is 6.35. The summed E-state index contributed by atoms with van der Waals surface area (Å²) >= 11 is 11.9. The quantitative estimate of drug-likeness (QED) is 0.625. The number of anilines is 1. The summed E-state index contributed by atoms with van der Waals surface area (Å²) in [5.41, 5.74) is 7.13. The Kier molecular flexibility index (Phi) is 6.06. The summed E-state index contributed by atoms with van der Waals surface area (Å²) in [5, 5.41) is 3.68. The van der Waals surface area contributed by atoms with Crippen molar-refractivity contribution in [3.05, 3.63) is 63.6 Å². The van der Waals surface area contributed by atoms with Crippen molar-refractivity contribution in [2.24, 2.45) is 0 Å². The van der Waals surface area contributed by atoms with Gasteiger partial charge in [-0.15, -0.1) is 0 Å². The minimum Gasteiger partial charge on any atom is -0.452 e. The lowest BCUT2D eigenvalue weighted by Crippen LogP contribution is -2.31. The number of carbonyl (C=O) groups excluding carboxylic acids is 2. The first-order chi connectivity index (χ1) is 11.4. The van der Waals surface area contributed by atoms with Crippen LogP contribution in [0.2, 0.25) is 10.0 Å². The van der Waals surface area contributed by atoms with Crippen molar-refractivity contribution < 1.29 is 14.3 Å². The Morgan fingerprint density at radius 3 is 2.46 bits per heavy atom. The molecule has 0 radical (unpaired) electrons. The average Bonchev–Trinajstić information content (AvgIpc) is 2.53. The monoisotopic (exact) mass is 366 g/mol. The number of esters is 1. The summed E-state index contributed by atoms with van der Waals surface area (Å²) in [7, 11) is 0. The molecule has 126 valence electrons. The maximum Gasteiger partial charge on any atom is 0.338 e. The highest BCUT2D eigenvalue weighted by atomic mass is 35.5. The van der Waals surface area contributed by atoms with Crippen LogP contribution in [0.4, 0.5) is 5.69 Å². The van der Waals surface area contributed by atoms with E-state index in [1.165, 1.54) is 12.1 Å². The average molecular weight is 367 g/mol. The molecule has 0 unspecified atom stereocenters. The molecule has 0 spiro atoms. The Hall–Kier alpha value is -2.24. The van der Waals surface area contributed by atoms with E-state index in [2.05, 4.69) is 5.32 Å². The largest absolute Gasteiger partial charge is 0.452 e. The van der Waals surface area contributed by atoms with Crippen LogP contribution >= 0.6 is 23.2 Å². The topological polar surface area (TPSA) is 81.4 Å². The third-order valence-corrected chi connectivity index (χ3v) is 3.85. The number of ether oxygens (including phenoxy) is 1. The third kappa shape index (κ3) is 4.88. The van der Waals surface area contributed by atoms with Crippen LogP contribution in [0.1, 0.15) is 28.9 Å². The van der Waals surface area contributed by atoms with Crippen LogP contribution in [-0.4, -0.2) is 18.5 Å². The molecule has 0 heterocycles. The van der Waals surface area contributed by atoms with Crippen molar-refractivity contribution in [1.82, 2.24) is 5.32 Å². The van der Waals surface area contributed by atoms with Gasteiger partial charge in [0.05, 0.1) is 11.6 Å². The number of carbonyl (C=O) groups is 2. The fourth-order valence-electron chi connectivity index (χ4n) is 2.05. The molecular weight excluding hydrogens is 351 g/mol. The van der Waals surface area contributed by atoms with Crippen molar-refractivity contribution in [2.75, 3.05) is 12.3 Å². The van der Waals surface area contributed by atoms with Crippen molar-refractivity contribution >= 4 is 40.8 Å². The van der Waals surface area contributed by atoms with E-state index >= 15 is 0 Å². The lowest BCUT2D eigenvalue weighted by molar-refractivity contribution is -0.124. The molecule has 5 nitrogen and oxygen atoms in total. The molecule has 3 N–H and O–H groups in total. The second-order valence-electron chi connectivity index (χ2n) is 5.15. The third-order valence-electron chi connectivity index (χ3n) is 3.29. The van der Waals surface area contributed by atoms with Crippen LogP contribution in [0.25, 0.3) is 0 Å². The molecule has 2 aromatic rings. The van der Waals surface area contributed by atoms with E-state index in [1.54, 1.807) is 37.3 Å². The Morgan fingerprint density at radius 1 is 1.17 bits per heavy atom. The molecule has 0 saturated heterocycles. The van der Waals surface area contributed by atoms with E-state index in [0.29, 0.717) is 21.3 Å². The summed E-state index contributed by atoms with van der Waals surface area (Å²) in [6.07, 6.45) is 0. The molecule has 24 heavy (non-hydrogen) atoms. The maximum absolute atomic E-state index is 11.9. The zero-order valence-electron chi connectivity index (χ0n) is 12.9. The zero-order chi connectivity index (χ0) is 17.7. The number of benzene rings is 2. The van der Waals surface area contributed by atoms with Crippen molar-refractivity contribution in [3.63, 3.8) is 0 Å². The molecule has 2 aromatic carbocycles. The van der Waals surface area contributed by atoms with Gasteiger partial charge in [0.25, 0.3) is 5.91 Å². The van der Waals surface area contributed by atoms with Crippen LogP contribution < -0.4 is 11.1 Å². The number of hydrogen-bond donors (Lipinski definition) is 2. The van der Waals surface area contributed by atoms with Crippen LogP contribution in [0.5, 0.6) is 0 Å². The first-order valence-corrected chi connectivity index (χ1v) is 7.89. The molecule has 0 aromatic heterocycles. The number of amides is 1. The fourth-order valence-corrected chi connectivity index (χ4v) is 2.62. The molecule has 2 rings (SSSR count). The zero-order valence-corrected chi connectivity index (χ0v) is 14.4. The van der Waals surface area contributed by atoms with Gasteiger partial charge >= 0.3 is 5.97 Å². The van der Waals surface area contributed by atoms with Gasteiger partial charge in [0.15, 0.2) is 6.61 Å². The van der Waals surface area contributed by atoms with E-state index in [-0.39, 0.29) is 6.04 Å². The molecular formula is C17H16Cl2N2O3. The Bertz CT molecular complexity index is 748. The van der Waals surface area contributed by atoms with Gasteiger partial charge < -0.3 is 15.8 Å². The minimum absolute atomic E-state index is 0.325. The molecule has 1 amide bonds. The van der Waals surface area contributed by atoms with E-state index in [9.17, 15) is 9.59 Å². The van der Waals surface area contributed by atoms with Crippen LogP contribution in [0, 0.1) is 0 Å². The summed E-state index contributed by atoms with van der Waals surface area (Å²) in [4.78, 5) is 23.7. The summed E-state index contributed by atoms with van der Waals surface area (Å²) in [5.74, 6) is -1.03. The normalized spacial score (nSPS) is 11.6. The predicted octanol–water partition coefficient (Wildman–Crippen LogP) is 3.61. The lowest BCUT2D eigenvalue weighted by atomic mass is 10.1. The molecule has 0 aliphatic heterocycles. The molecule has 0 aliphatic carbocycles. The lowest BCUT2D eigenvalue weighted by Gasteiger charge is -2.16. The summed E-state index contributed by atoms with van der Waals surface area (Å²) in [6, 6.07) is 10.9. The Labute approximate surface area is 149 Å². The highest BCUT2D eigenvalue weighted by Gasteiger charge is 2.15. The van der Waals surface area contributed by atoms with Gasteiger partial charge in [0.1, 0.15) is 0 Å². The van der Waals surface area contributed by atoms with Crippen LogP contribution in [0.3, 0.4) is 0 Å². The fraction of sp³-hybridized carbons (Fsp3) is 0.176. The van der Waals surface area contributed by atoms with Gasteiger partial charge in [-0.25, -0.2) is 4.79 Å². The number of nitrogen functional groups attached to an aromatic ring is 1. The highest BCUT2D eigenvalue weighted by Crippen LogP contribution is 2.25. The van der Waals surface area contributed by atoms with E-state index in [0.717, 1.165) is 5.56 Å². The molecule has 7 heteroatoms. The molecule has 1 atom stereocenters. The van der Waals surface area contributed by atoms with Gasteiger partial charge in [-0.2, -0.15) is 0 Å². The van der Waals surface area contributed by atoms with Crippen molar-refractivity contribution in [1.29, 1.82) is 0 Å². The number of rotatable bonds is 5. The first kappa shape index (κ1) is 18.1. The number of nitrogens with two attached hydrogens (primary N) is 1.